The Hall–Kier alpha value is -0.700. The average Bonchev–Trinajstić information content (AvgIpc) is 2.78. The van der Waals surface area contributed by atoms with Gasteiger partial charge in [-0.05, 0) is 41.8 Å². The minimum Gasteiger partial charge on any atom is -0.389 e. The summed E-state index contributed by atoms with van der Waals surface area (Å²) in [5.41, 5.74) is -0.969. The molecule has 8 heteroatoms. The molecular weight excluding hydrogens is 358 g/mol. The van der Waals surface area contributed by atoms with E-state index in [0.29, 0.717) is 29.8 Å². The van der Waals surface area contributed by atoms with Gasteiger partial charge in [0.25, 0.3) is 0 Å². The lowest BCUT2D eigenvalue weighted by molar-refractivity contribution is 0.0762. The van der Waals surface area contributed by atoms with Crippen molar-refractivity contribution < 1.29 is 13.5 Å². The second kappa shape index (κ2) is 6.20. The molecule has 1 aromatic heterocycles. The summed E-state index contributed by atoms with van der Waals surface area (Å²) in [6, 6.07) is 1.55. The van der Waals surface area contributed by atoms with Gasteiger partial charge in [0.15, 0.2) is 0 Å². The van der Waals surface area contributed by atoms with Crippen LogP contribution in [0.5, 0.6) is 0 Å². The summed E-state index contributed by atoms with van der Waals surface area (Å²) in [4.78, 5) is 4.31. The number of anilines is 1. The summed E-state index contributed by atoms with van der Waals surface area (Å²) in [5.74, 6) is 0.353. The summed E-state index contributed by atoms with van der Waals surface area (Å²) in [6.07, 6.45) is 2.87. The van der Waals surface area contributed by atoms with Crippen LogP contribution >= 0.6 is 15.9 Å². The van der Waals surface area contributed by atoms with Crippen LogP contribution in [-0.2, 0) is 10.0 Å². The summed E-state index contributed by atoms with van der Waals surface area (Å²) in [7, 11) is -3.67. The molecule has 2 N–H and O–H groups in total. The van der Waals surface area contributed by atoms with Crippen molar-refractivity contribution in [2.75, 3.05) is 25.0 Å². The third-order valence-corrected chi connectivity index (χ3v) is 5.69. The molecule has 1 atom stereocenters. The molecule has 1 aliphatic heterocycles. The molecule has 2 rings (SSSR count). The van der Waals surface area contributed by atoms with Gasteiger partial charge < -0.3 is 10.4 Å². The average molecular weight is 378 g/mol. The highest BCUT2D eigenvalue weighted by atomic mass is 79.9. The quantitative estimate of drug-likeness (QED) is 0.817. The number of nitrogens with zero attached hydrogens (tertiary/aromatic N) is 2. The Morgan fingerprint density at radius 2 is 2.29 bits per heavy atom. The molecule has 6 nitrogen and oxygen atoms in total. The van der Waals surface area contributed by atoms with Crippen molar-refractivity contribution in [1.82, 2.24) is 9.29 Å². The fourth-order valence-corrected chi connectivity index (χ4v) is 4.43. The van der Waals surface area contributed by atoms with Crippen LogP contribution in [0.25, 0.3) is 0 Å². The Kier molecular flexibility index (Phi) is 4.92. The van der Waals surface area contributed by atoms with Crippen LogP contribution < -0.4 is 5.32 Å². The standard InChI is InChI=1S/C13H20BrN3O3S/c1-3-5-15-12-11(7-10(14)8-16-12)21(19,20)17-6-4-13(2,18)9-17/h7-8,18H,3-6,9H2,1-2H3,(H,15,16). The minimum absolute atomic E-state index is 0.106. The van der Waals surface area contributed by atoms with Gasteiger partial charge in [-0.3, -0.25) is 0 Å². The maximum atomic E-state index is 12.8. The highest BCUT2D eigenvalue weighted by Gasteiger charge is 2.39. The van der Waals surface area contributed by atoms with E-state index in [0.717, 1.165) is 6.42 Å². The summed E-state index contributed by atoms with van der Waals surface area (Å²) < 4.78 is 27.5. The van der Waals surface area contributed by atoms with Crippen molar-refractivity contribution in [2.24, 2.45) is 0 Å². The zero-order chi connectivity index (χ0) is 15.7. The van der Waals surface area contributed by atoms with Gasteiger partial charge in [0.1, 0.15) is 10.7 Å². The molecule has 1 saturated heterocycles. The third kappa shape index (κ3) is 3.74. The monoisotopic (exact) mass is 377 g/mol. The molecule has 118 valence electrons. The maximum Gasteiger partial charge on any atom is 0.246 e. The summed E-state index contributed by atoms with van der Waals surface area (Å²) >= 11 is 3.27. The Balaban J connectivity index is 2.37. The number of aromatic nitrogens is 1. The van der Waals surface area contributed by atoms with Crippen molar-refractivity contribution >= 4 is 31.8 Å². The number of aliphatic hydroxyl groups is 1. The molecule has 0 spiro atoms. The second-order valence-electron chi connectivity index (χ2n) is 5.51. The first kappa shape index (κ1) is 16.7. The Morgan fingerprint density at radius 3 is 2.86 bits per heavy atom. The summed E-state index contributed by atoms with van der Waals surface area (Å²) in [5, 5.41) is 13.0. The normalized spacial score (nSPS) is 23.4. The zero-order valence-electron chi connectivity index (χ0n) is 12.1. The van der Waals surface area contributed by atoms with Crippen molar-refractivity contribution in [2.45, 2.75) is 37.2 Å². The van der Waals surface area contributed by atoms with Crippen LogP contribution in [-0.4, -0.2) is 48.0 Å². The van der Waals surface area contributed by atoms with E-state index in [1.54, 1.807) is 19.2 Å². The van der Waals surface area contributed by atoms with Gasteiger partial charge in [-0.2, -0.15) is 4.31 Å². The van der Waals surface area contributed by atoms with Crippen molar-refractivity contribution in [3.8, 4) is 0 Å². The molecule has 0 saturated carbocycles. The predicted octanol–water partition coefficient (Wildman–Crippen LogP) is 1.81. The largest absolute Gasteiger partial charge is 0.389 e. The SMILES string of the molecule is CCCNc1ncc(Br)cc1S(=O)(=O)N1CCC(C)(O)C1. The van der Waals surface area contributed by atoms with Crippen LogP contribution in [0.15, 0.2) is 21.6 Å². The Morgan fingerprint density at radius 1 is 1.57 bits per heavy atom. The molecule has 0 bridgehead atoms. The van der Waals surface area contributed by atoms with Gasteiger partial charge in [0.2, 0.25) is 10.0 Å². The van der Waals surface area contributed by atoms with E-state index in [4.69, 9.17) is 0 Å². The first-order valence-electron chi connectivity index (χ1n) is 6.88. The smallest absolute Gasteiger partial charge is 0.246 e. The zero-order valence-corrected chi connectivity index (χ0v) is 14.5. The van der Waals surface area contributed by atoms with E-state index < -0.39 is 15.6 Å². The molecule has 0 amide bonds. The molecule has 1 fully saturated rings. The van der Waals surface area contributed by atoms with Gasteiger partial charge in [0.05, 0.1) is 5.60 Å². The number of nitrogens with one attached hydrogen (secondary N) is 1. The number of halogens is 1. The summed E-state index contributed by atoms with van der Waals surface area (Å²) in [6.45, 7) is 4.72. The van der Waals surface area contributed by atoms with E-state index in [1.807, 2.05) is 6.92 Å². The lowest BCUT2D eigenvalue weighted by atomic mass is 10.1. The van der Waals surface area contributed by atoms with E-state index >= 15 is 0 Å². The Bertz CT molecular complexity index is 619. The predicted molar refractivity (Wildman–Crippen MR) is 84.7 cm³/mol. The Labute approximate surface area is 133 Å². The van der Waals surface area contributed by atoms with Crippen molar-refractivity contribution in [1.29, 1.82) is 0 Å². The van der Waals surface area contributed by atoms with E-state index in [2.05, 4.69) is 26.2 Å². The van der Waals surface area contributed by atoms with Gasteiger partial charge in [-0.25, -0.2) is 13.4 Å². The highest BCUT2D eigenvalue weighted by Crippen LogP contribution is 2.31. The van der Waals surface area contributed by atoms with E-state index in [9.17, 15) is 13.5 Å². The third-order valence-electron chi connectivity index (χ3n) is 3.40. The number of β-amino-alcohol motifs (C(OH)–C–C–N with tert-alkyl or cyclic N) is 1. The van der Waals surface area contributed by atoms with Gasteiger partial charge in [-0.15, -0.1) is 0 Å². The number of sulfonamides is 1. The first-order valence-corrected chi connectivity index (χ1v) is 9.11. The molecule has 1 unspecified atom stereocenters. The van der Waals surface area contributed by atoms with Crippen LogP contribution in [0, 0.1) is 0 Å². The highest BCUT2D eigenvalue weighted by molar-refractivity contribution is 9.10. The molecule has 0 aliphatic carbocycles. The topological polar surface area (TPSA) is 82.5 Å². The van der Waals surface area contributed by atoms with Gasteiger partial charge in [-0.1, -0.05) is 6.92 Å². The molecule has 2 heterocycles. The molecular formula is C13H20BrN3O3S. The molecule has 21 heavy (non-hydrogen) atoms. The van der Waals surface area contributed by atoms with Crippen LogP contribution in [0.2, 0.25) is 0 Å². The maximum absolute atomic E-state index is 12.8. The molecule has 1 aromatic rings. The van der Waals surface area contributed by atoms with E-state index in [1.165, 1.54) is 4.31 Å². The van der Waals surface area contributed by atoms with Gasteiger partial charge in [0, 0.05) is 30.3 Å². The van der Waals surface area contributed by atoms with Crippen molar-refractivity contribution in [3.63, 3.8) is 0 Å². The number of pyridine rings is 1. The molecule has 0 aromatic carbocycles. The first-order chi connectivity index (χ1) is 9.76. The fourth-order valence-electron chi connectivity index (χ4n) is 2.24. The molecule has 0 radical (unpaired) electrons. The number of rotatable bonds is 5. The lowest BCUT2D eigenvalue weighted by Gasteiger charge is -2.20. The fraction of sp³-hybridized carbons (Fsp3) is 0.615. The second-order valence-corrected chi connectivity index (χ2v) is 8.33. The number of hydrogen-bond donors (Lipinski definition) is 2. The van der Waals surface area contributed by atoms with Crippen molar-refractivity contribution in [3.05, 3.63) is 16.7 Å². The lowest BCUT2D eigenvalue weighted by Crippen LogP contribution is -2.34. The van der Waals surface area contributed by atoms with Crippen LogP contribution in [0.4, 0.5) is 5.82 Å². The van der Waals surface area contributed by atoms with Crippen LogP contribution in [0.1, 0.15) is 26.7 Å². The van der Waals surface area contributed by atoms with Gasteiger partial charge >= 0.3 is 0 Å². The van der Waals surface area contributed by atoms with E-state index in [-0.39, 0.29) is 11.4 Å². The van der Waals surface area contributed by atoms with Crippen LogP contribution in [0.3, 0.4) is 0 Å². The molecule has 1 aliphatic rings. The number of hydrogen-bond acceptors (Lipinski definition) is 5. The minimum atomic E-state index is -3.67.